The van der Waals surface area contributed by atoms with Crippen LogP contribution in [0.5, 0.6) is 5.75 Å². The van der Waals surface area contributed by atoms with Crippen molar-refractivity contribution in [1.82, 2.24) is 9.55 Å². The Hall–Kier alpha value is -2.85. The zero-order valence-corrected chi connectivity index (χ0v) is 19.0. The predicted molar refractivity (Wildman–Crippen MR) is 124 cm³/mol. The molecule has 2 aromatic rings. The molecule has 160 valence electrons. The van der Waals surface area contributed by atoms with Gasteiger partial charge < -0.3 is 4.74 Å². The molecule has 6 nitrogen and oxygen atoms in total. The smallest absolute Gasteiger partial charge is 0.258 e. The van der Waals surface area contributed by atoms with Gasteiger partial charge in [-0.3, -0.25) is 9.36 Å². The van der Waals surface area contributed by atoms with Crippen molar-refractivity contribution in [3.8, 4) is 29.4 Å². The Morgan fingerprint density at radius 1 is 1.35 bits per heavy atom. The molecule has 2 aliphatic rings. The third-order valence-electron chi connectivity index (χ3n) is 5.66. The van der Waals surface area contributed by atoms with E-state index in [2.05, 4.69) is 36.6 Å². The lowest BCUT2D eigenvalue weighted by atomic mass is 9.72. The molecule has 1 aliphatic heterocycles. The maximum absolute atomic E-state index is 13.6. The Labute approximate surface area is 186 Å². The SMILES string of the molecule is C#CCOc1ccc2c(c1)CC(C)(C)c1c-2nc(SCCC2(C)N=N2)n(CC=C)c1=O. The molecule has 0 amide bonds. The van der Waals surface area contributed by atoms with E-state index in [1.807, 2.05) is 25.1 Å². The summed E-state index contributed by atoms with van der Waals surface area (Å²) in [4.78, 5) is 18.6. The number of benzene rings is 1. The van der Waals surface area contributed by atoms with E-state index in [-0.39, 0.29) is 23.2 Å². The van der Waals surface area contributed by atoms with E-state index in [9.17, 15) is 4.79 Å². The van der Waals surface area contributed by atoms with Crippen LogP contribution in [0.15, 0.2) is 51.0 Å². The van der Waals surface area contributed by atoms with Crippen LogP contribution in [0.2, 0.25) is 0 Å². The summed E-state index contributed by atoms with van der Waals surface area (Å²) >= 11 is 1.57. The maximum atomic E-state index is 13.6. The summed E-state index contributed by atoms with van der Waals surface area (Å²) in [6.07, 6.45) is 8.60. The zero-order valence-electron chi connectivity index (χ0n) is 18.1. The first-order chi connectivity index (χ1) is 14.8. The van der Waals surface area contributed by atoms with Crippen LogP contribution >= 0.6 is 11.8 Å². The number of nitrogens with zero attached hydrogens (tertiary/aromatic N) is 4. The van der Waals surface area contributed by atoms with Crippen LogP contribution < -0.4 is 10.3 Å². The predicted octanol–water partition coefficient (Wildman–Crippen LogP) is 4.61. The summed E-state index contributed by atoms with van der Waals surface area (Å²) in [6.45, 7) is 10.7. The number of thioether (sulfide) groups is 1. The molecule has 0 fully saturated rings. The molecule has 0 unspecified atom stereocenters. The molecule has 2 heterocycles. The van der Waals surface area contributed by atoms with Crippen molar-refractivity contribution >= 4 is 11.8 Å². The molecule has 4 rings (SSSR count). The van der Waals surface area contributed by atoms with Gasteiger partial charge in [-0.05, 0) is 37.1 Å². The van der Waals surface area contributed by atoms with E-state index < -0.39 is 0 Å². The molecule has 0 radical (unpaired) electrons. The lowest BCUT2D eigenvalue weighted by molar-refractivity contribution is 0.369. The van der Waals surface area contributed by atoms with Crippen LogP contribution in [0.25, 0.3) is 11.3 Å². The van der Waals surface area contributed by atoms with Gasteiger partial charge in [0.1, 0.15) is 12.4 Å². The highest BCUT2D eigenvalue weighted by Gasteiger charge is 2.37. The van der Waals surface area contributed by atoms with E-state index in [1.54, 1.807) is 22.4 Å². The van der Waals surface area contributed by atoms with Gasteiger partial charge in [0, 0.05) is 35.3 Å². The normalized spacial score (nSPS) is 16.7. The quantitative estimate of drug-likeness (QED) is 0.263. The van der Waals surface area contributed by atoms with Gasteiger partial charge in [-0.1, -0.05) is 37.6 Å². The van der Waals surface area contributed by atoms with Gasteiger partial charge in [-0.2, -0.15) is 10.2 Å². The average molecular weight is 435 g/mol. The van der Waals surface area contributed by atoms with Gasteiger partial charge in [-0.25, -0.2) is 4.98 Å². The second-order valence-electron chi connectivity index (χ2n) is 8.71. The molecule has 31 heavy (non-hydrogen) atoms. The highest BCUT2D eigenvalue weighted by molar-refractivity contribution is 7.99. The Bertz CT molecular complexity index is 1170. The van der Waals surface area contributed by atoms with E-state index >= 15 is 0 Å². The fourth-order valence-electron chi connectivity index (χ4n) is 3.99. The average Bonchev–Trinajstić information content (AvgIpc) is 3.45. The van der Waals surface area contributed by atoms with Crippen LogP contribution in [-0.2, 0) is 18.4 Å². The van der Waals surface area contributed by atoms with E-state index in [1.165, 1.54) is 0 Å². The number of allylic oxidation sites excluding steroid dienone is 1. The largest absolute Gasteiger partial charge is 0.481 e. The number of ether oxygens (including phenoxy) is 1. The highest BCUT2D eigenvalue weighted by Crippen LogP contribution is 2.42. The number of hydrogen-bond donors (Lipinski definition) is 0. The van der Waals surface area contributed by atoms with E-state index in [4.69, 9.17) is 16.1 Å². The van der Waals surface area contributed by atoms with Crippen molar-refractivity contribution in [3.05, 3.63) is 52.3 Å². The number of rotatable bonds is 8. The Kier molecular flexibility index (Phi) is 5.52. The summed E-state index contributed by atoms with van der Waals surface area (Å²) in [6, 6.07) is 5.88. The van der Waals surface area contributed by atoms with Gasteiger partial charge in [0.15, 0.2) is 10.8 Å². The van der Waals surface area contributed by atoms with Crippen LogP contribution in [0.1, 0.15) is 38.3 Å². The summed E-state index contributed by atoms with van der Waals surface area (Å²) < 4.78 is 7.34. The molecular formula is C24H26N4O2S. The standard InChI is InChI=1S/C24H26N4O2S/c1-6-11-28-21(29)19-20(25-22(28)31-13-10-24(5)26-27-24)18-9-8-17(30-12-7-2)14-16(18)15-23(19,3)4/h2,6,8-9,14H,1,10-13,15H2,3-5H3. The minimum absolute atomic E-state index is 0.00252. The highest BCUT2D eigenvalue weighted by atomic mass is 32.2. The molecule has 0 saturated heterocycles. The number of fused-ring (bicyclic) bond motifs is 3. The molecule has 1 aromatic heterocycles. The molecule has 0 bridgehead atoms. The van der Waals surface area contributed by atoms with E-state index in [0.29, 0.717) is 11.7 Å². The minimum atomic E-state index is -0.359. The Morgan fingerprint density at radius 3 is 2.81 bits per heavy atom. The molecule has 0 saturated carbocycles. The first kappa shape index (κ1) is 21.4. The van der Waals surface area contributed by atoms with Crippen molar-refractivity contribution in [2.45, 2.75) is 56.4 Å². The molecule has 1 aromatic carbocycles. The number of aromatic nitrogens is 2. The first-order valence-corrected chi connectivity index (χ1v) is 11.3. The Balaban J connectivity index is 1.78. The van der Waals surface area contributed by atoms with Gasteiger partial charge in [0.25, 0.3) is 5.56 Å². The van der Waals surface area contributed by atoms with Crippen LogP contribution in [-0.4, -0.2) is 27.6 Å². The summed E-state index contributed by atoms with van der Waals surface area (Å²) in [5.41, 5.74) is 2.97. The summed E-state index contributed by atoms with van der Waals surface area (Å²) in [7, 11) is 0. The minimum Gasteiger partial charge on any atom is -0.481 e. The van der Waals surface area contributed by atoms with Gasteiger partial charge >= 0.3 is 0 Å². The lowest BCUT2D eigenvalue weighted by Crippen LogP contribution is -2.38. The fraction of sp³-hybridized carbons (Fsp3) is 0.417. The molecule has 0 N–H and O–H groups in total. The van der Waals surface area contributed by atoms with E-state index in [0.717, 1.165) is 46.7 Å². The third kappa shape index (κ3) is 4.17. The van der Waals surface area contributed by atoms with Crippen molar-refractivity contribution < 1.29 is 4.74 Å². The molecule has 7 heteroatoms. The molecule has 0 atom stereocenters. The molecular weight excluding hydrogens is 408 g/mol. The van der Waals surface area contributed by atoms with Crippen LogP contribution in [0.4, 0.5) is 0 Å². The summed E-state index contributed by atoms with van der Waals surface area (Å²) in [5.74, 6) is 4.00. The zero-order chi connectivity index (χ0) is 22.2. The van der Waals surface area contributed by atoms with Crippen molar-refractivity contribution in [3.63, 3.8) is 0 Å². The van der Waals surface area contributed by atoms with Crippen molar-refractivity contribution in [2.24, 2.45) is 10.2 Å². The number of hydrogen-bond acceptors (Lipinski definition) is 6. The number of terminal acetylenes is 1. The monoisotopic (exact) mass is 434 g/mol. The maximum Gasteiger partial charge on any atom is 0.258 e. The van der Waals surface area contributed by atoms with Crippen molar-refractivity contribution in [1.29, 1.82) is 0 Å². The first-order valence-electron chi connectivity index (χ1n) is 10.3. The molecule has 1 aliphatic carbocycles. The second-order valence-corrected chi connectivity index (χ2v) is 9.77. The van der Waals surface area contributed by atoms with Gasteiger partial charge in [0.2, 0.25) is 0 Å². The van der Waals surface area contributed by atoms with Crippen LogP contribution in [0, 0.1) is 12.3 Å². The molecule has 0 spiro atoms. The summed E-state index contributed by atoms with van der Waals surface area (Å²) in [5, 5.41) is 8.84. The van der Waals surface area contributed by atoms with Crippen LogP contribution in [0.3, 0.4) is 0 Å². The third-order valence-corrected chi connectivity index (χ3v) is 6.64. The Morgan fingerprint density at radius 2 is 2.13 bits per heavy atom. The van der Waals surface area contributed by atoms with Gasteiger partial charge in [0.05, 0.1) is 5.69 Å². The second kappa shape index (κ2) is 8.01. The fourth-order valence-corrected chi connectivity index (χ4v) is 5.13. The lowest BCUT2D eigenvalue weighted by Gasteiger charge is -2.33. The topological polar surface area (TPSA) is 68.8 Å². The van der Waals surface area contributed by atoms with Crippen molar-refractivity contribution in [2.75, 3.05) is 12.4 Å². The van der Waals surface area contributed by atoms with Gasteiger partial charge in [-0.15, -0.1) is 13.0 Å².